The van der Waals surface area contributed by atoms with Gasteiger partial charge in [-0.25, -0.2) is 4.39 Å². The molecule has 14 heavy (non-hydrogen) atoms. The van der Waals surface area contributed by atoms with Crippen LogP contribution in [0, 0.1) is 5.82 Å². The van der Waals surface area contributed by atoms with Gasteiger partial charge < -0.3 is 5.32 Å². The van der Waals surface area contributed by atoms with Crippen molar-refractivity contribution in [2.45, 2.75) is 26.2 Å². The summed E-state index contributed by atoms with van der Waals surface area (Å²) in [6, 6.07) is 4.78. The summed E-state index contributed by atoms with van der Waals surface area (Å²) in [7, 11) is 0. The molecule has 0 aliphatic heterocycles. The van der Waals surface area contributed by atoms with Gasteiger partial charge >= 0.3 is 0 Å². The highest BCUT2D eigenvalue weighted by Crippen LogP contribution is 2.18. The van der Waals surface area contributed by atoms with E-state index in [9.17, 15) is 4.39 Å². The molecule has 0 heterocycles. The van der Waals surface area contributed by atoms with Crippen LogP contribution in [0.15, 0.2) is 18.2 Å². The standard InChI is InChI=1S/C11H15ClFN/c1-2-3-4-7-14-9-5-6-10(12)11(13)8-9/h5-6,8,14H,2-4,7H2,1H3. The molecule has 0 fully saturated rings. The monoisotopic (exact) mass is 215 g/mol. The first-order chi connectivity index (χ1) is 6.74. The molecule has 0 radical (unpaired) electrons. The van der Waals surface area contributed by atoms with Crippen LogP contribution in [-0.2, 0) is 0 Å². The van der Waals surface area contributed by atoms with Crippen molar-refractivity contribution in [3.63, 3.8) is 0 Å². The van der Waals surface area contributed by atoms with Gasteiger partial charge in [-0.15, -0.1) is 0 Å². The normalized spacial score (nSPS) is 10.2. The Labute approximate surface area is 89.3 Å². The van der Waals surface area contributed by atoms with Gasteiger partial charge in [0.15, 0.2) is 0 Å². The molecule has 78 valence electrons. The summed E-state index contributed by atoms with van der Waals surface area (Å²) in [5, 5.41) is 3.32. The SMILES string of the molecule is CCCCCNc1ccc(Cl)c(F)c1. The number of unbranched alkanes of at least 4 members (excludes halogenated alkanes) is 2. The summed E-state index contributed by atoms with van der Waals surface area (Å²) in [6.45, 7) is 3.04. The predicted octanol–water partition coefficient (Wildman–Crippen LogP) is 4.08. The summed E-state index contributed by atoms with van der Waals surface area (Å²) in [5.74, 6) is -0.368. The van der Waals surface area contributed by atoms with Gasteiger partial charge in [-0.05, 0) is 24.6 Å². The summed E-state index contributed by atoms with van der Waals surface area (Å²) in [5.41, 5.74) is 0.794. The quantitative estimate of drug-likeness (QED) is 0.730. The van der Waals surface area contributed by atoms with Crippen molar-refractivity contribution in [2.24, 2.45) is 0 Å². The van der Waals surface area contributed by atoms with Gasteiger partial charge in [0.05, 0.1) is 5.02 Å². The number of anilines is 1. The van der Waals surface area contributed by atoms with Crippen molar-refractivity contribution < 1.29 is 4.39 Å². The van der Waals surface area contributed by atoms with Crippen molar-refractivity contribution in [2.75, 3.05) is 11.9 Å². The molecule has 0 amide bonds. The van der Waals surface area contributed by atoms with E-state index in [1.54, 1.807) is 12.1 Å². The lowest BCUT2D eigenvalue weighted by atomic mass is 10.2. The van der Waals surface area contributed by atoms with Crippen LogP contribution in [-0.4, -0.2) is 6.54 Å². The van der Waals surface area contributed by atoms with Crippen LogP contribution in [0.3, 0.4) is 0 Å². The lowest BCUT2D eigenvalue weighted by Gasteiger charge is -2.06. The van der Waals surface area contributed by atoms with E-state index in [0.29, 0.717) is 0 Å². The van der Waals surface area contributed by atoms with Gasteiger partial charge in [-0.1, -0.05) is 31.4 Å². The number of nitrogens with one attached hydrogen (secondary N) is 1. The number of rotatable bonds is 5. The third-order valence-corrected chi connectivity index (χ3v) is 2.34. The Hall–Kier alpha value is -0.760. The zero-order valence-electron chi connectivity index (χ0n) is 8.32. The van der Waals surface area contributed by atoms with Crippen molar-refractivity contribution in [1.29, 1.82) is 0 Å². The fourth-order valence-electron chi connectivity index (χ4n) is 1.21. The maximum absolute atomic E-state index is 13.0. The molecule has 0 atom stereocenters. The first-order valence-electron chi connectivity index (χ1n) is 4.93. The Balaban J connectivity index is 2.39. The van der Waals surface area contributed by atoms with E-state index in [1.807, 2.05) is 0 Å². The molecule has 0 spiro atoms. The lowest BCUT2D eigenvalue weighted by Crippen LogP contribution is -2.01. The van der Waals surface area contributed by atoms with Crippen LogP contribution in [0.4, 0.5) is 10.1 Å². The lowest BCUT2D eigenvalue weighted by molar-refractivity contribution is 0.628. The summed E-state index contributed by atoms with van der Waals surface area (Å²) < 4.78 is 13.0. The maximum Gasteiger partial charge on any atom is 0.143 e. The van der Waals surface area contributed by atoms with Crippen LogP contribution in [0.25, 0.3) is 0 Å². The summed E-state index contributed by atoms with van der Waals surface area (Å²) in [6.07, 6.45) is 3.50. The van der Waals surface area contributed by atoms with Crippen LogP contribution in [0.2, 0.25) is 5.02 Å². The smallest absolute Gasteiger partial charge is 0.143 e. The molecule has 1 aromatic rings. The molecule has 3 heteroatoms. The highest BCUT2D eigenvalue weighted by Gasteiger charge is 1.99. The Morgan fingerprint density at radius 2 is 2.14 bits per heavy atom. The number of benzene rings is 1. The minimum Gasteiger partial charge on any atom is -0.385 e. The average Bonchev–Trinajstić information content (AvgIpc) is 2.18. The van der Waals surface area contributed by atoms with Crippen LogP contribution in [0.1, 0.15) is 26.2 Å². The summed E-state index contributed by atoms with van der Waals surface area (Å²) in [4.78, 5) is 0. The minimum absolute atomic E-state index is 0.170. The fraction of sp³-hybridized carbons (Fsp3) is 0.455. The second-order valence-corrected chi connectivity index (χ2v) is 3.67. The maximum atomic E-state index is 13.0. The number of hydrogen-bond acceptors (Lipinski definition) is 1. The van der Waals surface area contributed by atoms with Crippen molar-refractivity contribution in [1.82, 2.24) is 0 Å². The van der Waals surface area contributed by atoms with Crippen molar-refractivity contribution >= 4 is 17.3 Å². The zero-order chi connectivity index (χ0) is 10.4. The topological polar surface area (TPSA) is 12.0 Å². The molecular weight excluding hydrogens is 201 g/mol. The van der Waals surface area contributed by atoms with Gasteiger partial charge in [0.1, 0.15) is 5.82 Å². The Morgan fingerprint density at radius 3 is 2.79 bits per heavy atom. The van der Waals surface area contributed by atoms with Crippen LogP contribution < -0.4 is 5.32 Å². The highest BCUT2D eigenvalue weighted by atomic mass is 35.5. The fourth-order valence-corrected chi connectivity index (χ4v) is 1.33. The average molecular weight is 216 g/mol. The third-order valence-electron chi connectivity index (χ3n) is 2.03. The Bertz CT molecular complexity index is 289. The van der Waals surface area contributed by atoms with E-state index in [2.05, 4.69) is 12.2 Å². The van der Waals surface area contributed by atoms with Gasteiger partial charge in [-0.3, -0.25) is 0 Å². The second-order valence-electron chi connectivity index (χ2n) is 3.26. The Morgan fingerprint density at radius 1 is 1.36 bits per heavy atom. The van der Waals surface area contributed by atoms with E-state index in [0.717, 1.165) is 18.7 Å². The van der Waals surface area contributed by atoms with E-state index < -0.39 is 0 Å². The zero-order valence-corrected chi connectivity index (χ0v) is 9.07. The molecule has 1 nitrogen and oxygen atoms in total. The molecule has 0 aliphatic rings. The first kappa shape index (κ1) is 11.3. The molecule has 1 aromatic carbocycles. The molecule has 1 N–H and O–H groups in total. The number of halogens is 2. The molecule has 0 unspecified atom stereocenters. The summed E-state index contributed by atoms with van der Waals surface area (Å²) >= 11 is 5.56. The Kier molecular flexibility index (Phi) is 4.74. The van der Waals surface area contributed by atoms with E-state index in [1.165, 1.54) is 18.9 Å². The molecule has 0 aliphatic carbocycles. The molecule has 0 bridgehead atoms. The van der Waals surface area contributed by atoms with Crippen LogP contribution in [0.5, 0.6) is 0 Å². The van der Waals surface area contributed by atoms with E-state index >= 15 is 0 Å². The van der Waals surface area contributed by atoms with Crippen molar-refractivity contribution in [3.8, 4) is 0 Å². The first-order valence-corrected chi connectivity index (χ1v) is 5.30. The molecule has 0 saturated heterocycles. The van der Waals surface area contributed by atoms with Gasteiger partial charge in [0.2, 0.25) is 0 Å². The second kappa shape index (κ2) is 5.86. The van der Waals surface area contributed by atoms with E-state index in [-0.39, 0.29) is 10.8 Å². The third kappa shape index (κ3) is 3.54. The van der Waals surface area contributed by atoms with Gasteiger partial charge in [0.25, 0.3) is 0 Å². The molecule has 0 saturated carbocycles. The van der Waals surface area contributed by atoms with Gasteiger partial charge in [0, 0.05) is 12.2 Å². The number of hydrogen-bond donors (Lipinski definition) is 1. The predicted molar refractivity (Wildman–Crippen MR) is 59.4 cm³/mol. The minimum atomic E-state index is -0.368. The van der Waals surface area contributed by atoms with Crippen LogP contribution >= 0.6 is 11.6 Å². The van der Waals surface area contributed by atoms with Crippen molar-refractivity contribution in [3.05, 3.63) is 29.0 Å². The largest absolute Gasteiger partial charge is 0.385 e. The van der Waals surface area contributed by atoms with Gasteiger partial charge in [-0.2, -0.15) is 0 Å². The highest BCUT2D eigenvalue weighted by molar-refractivity contribution is 6.30. The molecular formula is C11H15ClFN. The molecule has 0 aromatic heterocycles. The van der Waals surface area contributed by atoms with E-state index in [4.69, 9.17) is 11.6 Å². The molecule has 1 rings (SSSR count).